The number of aryl methyl sites for hydroxylation is 1. The summed E-state index contributed by atoms with van der Waals surface area (Å²) in [6.45, 7) is 1.77. The summed E-state index contributed by atoms with van der Waals surface area (Å²) >= 11 is 0. The van der Waals surface area contributed by atoms with E-state index in [9.17, 15) is 13.0 Å². The van der Waals surface area contributed by atoms with Gasteiger partial charge in [0, 0.05) is 16.8 Å². The Morgan fingerprint density at radius 1 is 0.532 bits per heavy atom. The fourth-order valence-corrected chi connectivity index (χ4v) is 5.54. The van der Waals surface area contributed by atoms with Crippen LogP contribution in [0.5, 0.6) is 23.0 Å². The van der Waals surface area contributed by atoms with Crippen molar-refractivity contribution in [2.75, 3.05) is 0 Å². The summed E-state index contributed by atoms with van der Waals surface area (Å²) in [4.78, 5) is -0.819. The summed E-state index contributed by atoms with van der Waals surface area (Å²) in [5, 5.41) is 0.832. The van der Waals surface area contributed by atoms with Gasteiger partial charge in [0.15, 0.2) is 23.3 Å². The summed E-state index contributed by atoms with van der Waals surface area (Å²) < 4.78 is 165. The molecule has 0 aromatic heterocycles. The van der Waals surface area contributed by atoms with E-state index < -0.39 is 89.9 Å². The number of hydrogen-bond donors (Lipinski definition) is 1. The third kappa shape index (κ3) is 5.38. The molecule has 0 amide bonds. The standard InChI is InChI=1S/C33H16F8O5S/c1-14-9-10-19-15(11-14)6-4-8-20(19)45-32-28(38)24(34)22(25(35)29(32)39)23-26(36)30(40)33(31(41)27(23)37)46-21-13-17(47(42,43)44)12-16-5-2-3-7-18(16)21/h2-13H,1H3,(H,42,43,44). The Labute approximate surface area is 260 Å². The quantitative estimate of drug-likeness (QED) is 0.108. The Balaban J connectivity index is 1.48. The second-order valence-corrected chi connectivity index (χ2v) is 11.6. The third-order valence-corrected chi connectivity index (χ3v) is 8.04. The molecule has 1 N–H and O–H groups in total. The average Bonchev–Trinajstić information content (AvgIpc) is 3.04. The molecule has 6 aromatic rings. The van der Waals surface area contributed by atoms with Gasteiger partial charge < -0.3 is 9.47 Å². The smallest absolute Gasteiger partial charge is 0.294 e. The first-order valence-corrected chi connectivity index (χ1v) is 14.7. The van der Waals surface area contributed by atoms with Crippen molar-refractivity contribution in [3.8, 4) is 34.1 Å². The van der Waals surface area contributed by atoms with E-state index in [1.165, 1.54) is 42.5 Å². The molecular weight excluding hydrogens is 660 g/mol. The minimum atomic E-state index is -4.92. The predicted molar refractivity (Wildman–Crippen MR) is 154 cm³/mol. The van der Waals surface area contributed by atoms with Crippen LogP contribution < -0.4 is 9.47 Å². The molecule has 0 heterocycles. The monoisotopic (exact) mass is 676 g/mol. The van der Waals surface area contributed by atoms with E-state index in [1.54, 1.807) is 25.1 Å². The van der Waals surface area contributed by atoms with Gasteiger partial charge in [-0.3, -0.25) is 4.55 Å². The normalized spacial score (nSPS) is 11.8. The van der Waals surface area contributed by atoms with Crippen molar-refractivity contribution in [1.29, 1.82) is 0 Å². The summed E-state index contributed by atoms with van der Waals surface area (Å²) in [6.07, 6.45) is 0. The van der Waals surface area contributed by atoms with Crippen LogP contribution in [0.25, 0.3) is 32.7 Å². The van der Waals surface area contributed by atoms with Crippen molar-refractivity contribution >= 4 is 31.7 Å². The molecule has 0 spiro atoms. The van der Waals surface area contributed by atoms with Crippen molar-refractivity contribution in [3.05, 3.63) is 125 Å². The van der Waals surface area contributed by atoms with Crippen LogP contribution >= 0.6 is 0 Å². The Kier molecular flexibility index (Phi) is 7.80. The lowest BCUT2D eigenvalue weighted by molar-refractivity contribution is 0.362. The van der Waals surface area contributed by atoms with Crippen LogP contribution in [-0.2, 0) is 10.1 Å². The van der Waals surface area contributed by atoms with Gasteiger partial charge in [0.2, 0.25) is 34.8 Å². The van der Waals surface area contributed by atoms with E-state index in [-0.39, 0.29) is 21.9 Å². The second kappa shape index (κ2) is 11.5. The maximum atomic E-state index is 15.3. The molecule has 47 heavy (non-hydrogen) atoms. The average molecular weight is 677 g/mol. The van der Waals surface area contributed by atoms with Crippen LogP contribution in [0.1, 0.15) is 5.56 Å². The lowest BCUT2D eigenvalue weighted by Crippen LogP contribution is -2.09. The molecule has 0 aliphatic heterocycles. The van der Waals surface area contributed by atoms with Crippen LogP contribution in [0.3, 0.4) is 0 Å². The molecule has 0 bridgehead atoms. The van der Waals surface area contributed by atoms with Gasteiger partial charge in [-0.15, -0.1) is 0 Å². The van der Waals surface area contributed by atoms with Gasteiger partial charge in [-0.1, -0.05) is 60.2 Å². The fourth-order valence-electron chi connectivity index (χ4n) is 5.01. The molecule has 0 fully saturated rings. The summed E-state index contributed by atoms with van der Waals surface area (Å²) in [6, 6.07) is 16.1. The number of halogens is 8. The Hall–Kier alpha value is -5.21. The van der Waals surface area contributed by atoms with Crippen LogP contribution in [0.2, 0.25) is 0 Å². The van der Waals surface area contributed by atoms with E-state index in [0.717, 1.165) is 11.6 Å². The molecule has 240 valence electrons. The summed E-state index contributed by atoms with van der Waals surface area (Å²) in [7, 11) is -4.92. The van der Waals surface area contributed by atoms with Crippen molar-refractivity contribution in [2.24, 2.45) is 0 Å². The highest BCUT2D eigenvalue weighted by Crippen LogP contribution is 2.44. The van der Waals surface area contributed by atoms with Gasteiger partial charge in [-0.2, -0.15) is 26.0 Å². The minimum Gasteiger partial charge on any atom is -0.450 e. The van der Waals surface area contributed by atoms with E-state index >= 15 is 35.1 Å². The highest BCUT2D eigenvalue weighted by atomic mass is 32.2. The lowest BCUT2D eigenvalue weighted by Gasteiger charge is -2.17. The number of fused-ring (bicyclic) bond motifs is 2. The zero-order chi connectivity index (χ0) is 33.9. The van der Waals surface area contributed by atoms with E-state index in [1.807, 2.05) is 0 Å². The SMILES string of the molecule is Cc1ccc2c(Oc3c(F)c(F)c(-c4c(F)c(F)c(Oc5cc(S(=O)(=O)O)cc6ccccc56)c(F)c4F)c(F)c3F)cccc2c1. The zero-order valence-corrected chi connectivity index (χ0v) is 24.3. The Morgan fingerprint density at radius 2 is 1.00 bits per heavy atom. The highest BCUT2D eigenvalue weighted by molar-refractivity contribution is 7.85. The number of benzene rings is 6. The molecule has 0 aliphatic carbocycles. The predicted octanol–water partition coefficient (Wildman–Crippen LogP) is 9.91. The van der Waals surface area contributed by atoms with Crippen LogP contribution in [-0.4, -0.2) is 13.0 Å². The van der Waals surface area contributed by atoms with E-state index in [2.05, 4.69) is 0 Å². The first-order valence-electron chi connectivity index (χ1n) is 13.3. The van der Waals surface area contributed by atoms with Gasteiger partial charge in [-0.05, 0) is 29.8 Å². The summed E-state index contributed by atoms with van der Waals surface area (Å²) in [5.41, 5.74) is -3.46. The molecule has 0 atom stereocenters. The van der Waals surface area contributed by atoms with E-state index in [0.29, 0.717) is 11.5 Å². The maximum Gasteiger partial charge on any atom is 0.294 e. The Bertz CT molecular complexity index is 2340. The molecule has 14 heteroatoms. The van der Waals surface area contributed by atoms with Gasteiger partial charge >= 0.3 is 0 Å². The highest BCUT2D eigenvalue weighted by Gasteiger charge is 2.36. The van der Waals surface area contributed by atoms with Gasteiger partial charge in [0.05, 0.1) is 16.0 Å². The molecule has 0 radical (unpaired) electrons. The molecule has 0 unspecified atom stereocenters. The first-order chi connectivity index (χ1) is 22.2. The first kappa shape index (κ1) is 31.8. The number of rotatable bonds is 6. The molecular formula is C33H16F8O5S. The van der Waals surface area contributed by atoms with Crippen molar-refractivity contribution in [1.82, 2.24) is 0 Å². The van der Waals surface area contributed by atoms with Crippen molar-refractivity contribution in [2.45, 2.75) is 11.8 Å². The van der Waals surface area contributed by atoms with Crippen LogP contribution in [0.15, 0.2) is 77.7 Å². The van der Waals surface area contributed by atoms with Crippen molar-refractivity contribution in [3.63, 3.8) is 0 Å². The molecule has 0 aliphatic rings. The second-order valence-electron chi connectivity index (χ2n) is 10.2. The lowest BCUT2D eigenvalue weighted by atomic mass is 10.0. The van der Waals surface area contributed by atoms with E-state index in [4.69, 9.17) is 9.47 Å². The molecule has 0 saturated heterocycles. The van der Waals surface area contributed by atoms with Gasteiger partial charge in [-0.25, -0.2) is 17.6 Å². The number of hydrogen-bond acceptors (Lipinski definition) is 4. The Morgan fingerprint density at radius 3 is 1.55 bits per heavy atom. The third-order valence-electron chi connectivity index (χ3n) is 7.21. The number of ether oxygens (including phenoxy) is 2. The molecule has 6 rings (SSSR count). The topological polar surface area (TPSA) is 72.8 Å². The van der Waals surface area contributed by atoms with Crippen molar-refractivity contribution < 1.29 is 57.6 Å². The van der Waals surface area contributed by atoms with Crippen LogP contribution in [0.4, 0.5) is 35.1 Å². The molecule has 5 nitrogen and oxygen atoms in total. The molecule has 6 aromatic carbocycles. The van der Waals surface area contributed by atoms with Crippen LogP contribution in [0, 0.1) is 53.5 Å². The maximum absolute atomic E-state index is 15.3. The zero-order valence-electron chi connectivity index (χ0n) is 23.4. The van der Waals surface area contributed by atoms with Gasteiger partial charge in [0.1, 0.15) is 11.5 Å². The summed E-state index contributed by atoms with van der Waals surface area (Å²) in [5.74, 6) is -23.6. The largest absolute Gasteiger partial charge is 0.450 e. The molecule has 0 saturated carbocycles. The minimum absolute atomic E-state index is 0.0401. The fraction of sp³-hybridized carbons (Fsp3) is 0.0303. The van der Waals surface area contributed by atoms with Gasteiger partial charge in [0.25, 0.3) is 10.1 Å².